The molecule has 1 aliphatic heterocycles. The highest BCUT2D eigenvalue weighted by Crippen LogP contribution is 2.52. The van der Waals surface area contributed by atoms with Gasteiger partial charge in [0.1, 0.15) is 29.1 Å². The molecule has 0 bridgehead atoms. The maximum absolute atomic E-state index is 10.8. The van der Waals surface area contributed by atoms with Crippen LogP contribution in [0, 0.1) is 6.92 Å². The largest absolute Gasteiger partial charge is 0.508 e. The summed E-state index contributed by atoms with van der Waals surface area (Å²) in [5, 5.41) is 79.1. The Bertz CT molecular complexity index is 1550. The van der Waals surface area contributed by atoms with E-state index in [0.717, 1.165) is 36.0 Å². The van der Waals surface area contributed by atoms with E-state index < -0.39 is 12.2 Å². The number of phenolic OH excluding ortho intramolecular Hbond substituents is 7. The lowest BCUT2D eigenvalue weighted by Gasteiger charge is -2.37. The summed E-state index contributed by atoms with van der Waals surface area (Å²) in [4.78, 5) is 0. The highest BCUT2D eigenvalue weighted by molar-refractivity contribution is 5.62. The van der Waals surface area contributed by atoms with Crippen molar-refractivity contribution in [2.45, 2.75) is 50.7 Å². The molecular formula is C32H32O9. The Morgan fingerprint density at radius 1 is 0.707 bits per heavy atom. The molecule has 0 aromatic heterocycles. The molecule has 214 valence electrons. The Hall–Kier alpha value is -4.76. The van der Waals surface area contributed by atoms with Crippen molar-refractivity contribution in [3.8, 4) is 46.0 Å². The molecule has 9 heteroatoms. The molecule has 0 saturated heterocycles. The summed E-state index contributed by atoms with van der Waals surface area (Å²) in [5.74, 6) is -0.418. The molecule has 0 saturated carbocycles. The summed E-state index contributed by atoms with van der Waals surface area (Å²) in [6, 6.07) is 15.1. The van der Waals surface area contributed by atoms with Crippen LogP contribution in [-0.4, -0.2) is 47.0 Å². The van der Waals surface area contributed by atoms with E-state index >= 15 is 0 Å². The van der Waals surface area contributed by atoms with E-state index in [1.54, 1.807) is 30.3 Å². The molecular weight excluding hydrogens is 528 g/mol. The molecule has 0 spiro atoms. The van der Waals surface area contributed by atoms with Crippen molar-refractivity contribution in [3.05, 3.63) is 94.0 Å². The van der Waals surface area contributed by atoms with E-state index in [0.29, 0.717) is 22.4 Å². The minimum Gasteiger partial charge on any atom is -0.508 e. The molecule has 9 nitrogen and oxygen atoms in total. The number of ether oxygens (including phenoxy) is 1. The Morgan fingerprint density at radius 2 is 1.39 bits per heavy atom. The first-order valence-corrected chi connectivity index (χ1v) is 13.3. The van der Waals surface area contributed by atoms with Gasteiger partial charge in [-0.15, -0.1) is 0 Å². The molecule has 1 heterocycles. The Morgan fingerprint density at radius 3 is 2.02 bits per heavy atom. The predicted molar refractivity (Wildman–Crippen MR) is 150 cm³/mol. The number of fused-ring (bicyclic) bond motifs is 3. The zero-order valence-corrected chi connectivity index (χ0v) is 22.3. The van der Waals surface area contributed by atoms with E-state index in [1.807, 2.05) is 6.92 Å². The van der Waals surface area contributed by atoms with Gasteiger partial charge in [-0.1, -0.05) is 18.2 Å². The van der Waals surface area contributed by atoms with Gasteiger partial charge in [0.25, 0.3) is 0 Å². The second-order valence-electron chi connectivity index (χ2n) is 10.5. The number of aryl methyl sites for hydroxylation is 2. The van der Waals surface area contributed by atoms with Gasteiger partial charge in [0.2, 0.25) is 0 Å². The third-order valence-corrected chi connectivity index (χ3v) is 7.69. The fraction of sp³-hybridized carbons (Fsp3) is 0.250. The topological polar surface area (TPSA) is 171 Å². The highest BCUT2D eigenvalue weighted by atomic mass is 16.5. The van der Waals surface area contributed by atoms with Crippen LogP contribution < -0.4 is 4.74 Å². The Balaban J connectivity index is 0.000000365. The summed E-state index contributed by atoms with van der Waals surface area (Å²) in [7, 11) is 0. The lowest BCUT2D eigenvalue weighted by Crippen LogP contribution is -2.32. The zero-order valence-electron chi connectivity index (χ0n) is 22.3. The molecule has 41 heavy (non-hydrogen) atoms. The van der Waals surface area contributed by atoms with Crippen LogP contribution in [-0.2, 0) is 12.8 Å². The zero-order chi connectivity index (χ0) is 29.4. The fourth-order valence-corrected chi connectivity index (χ4v) is 5.81. The van der Waals surface area contributed by atoms with Gasteiger partial charge in [-0.05, 0) is 79.3 Å². The van der Waals surface area contributed by atoms with Gasteiger partial charge in [-0.2, -0.15) is 0 Å². The molecule has 4 aromatic rings. The van der Waals surface area contributed by atoms with Crippen molar-refractivity contribution < 1.29 is 45.6 Å². The summed E-state index contributed by atoms with van der Waals surface area (Å²) < 4.78 is 6.33. The molecule has 3 atom stereocenters. The van der Waals surface area contributed by atoms with E-state index in [2.05, 4.69) is 0 Å². The van der Waals surface area contributed by atoms with Crippen molar-refractivity contribution in [2.75, 3.05) is 0 Å². The summed E-state index contributed by atoms with van der Waals surface area (Å²) in [6.07, 6.45) is 0.700. The van der Waals surface area contributed by atoms with E-state index in [1.165, 1.54) is 30.3 Å². The highest BCUT2D eigenvalue weighted by Gasteiger charge is 2.38. The number of hydrogen-bond donors (Lipinski definition) is 8. The Kier molecular flexibility index (Phi) is 7.47. The first kappa shape index (κ1) is 27.8. The average molecular weight is 561 g/mol. The normalized spacial score (nSPS) is 19.2. The molecule has 0 radical (unpaired) electrons. The SMILES string of the molecule is Cc1cc(O)cc(O)c1[C@H]1CCCc2cc(O)c3c(c21)OC(c1ccc(O)c(O)c1)C(O)C3.Oc1ccccc1O. The van der Waals surface area contributed by atoms with Gasteiger partial charge in [0.15, 0.2) is 23.0 Å². The summed E-state index contributed by atoms with van der Waals surface area (Å²) in [5.41, 5.74) is 4.23. The minimum absolute atomic E-state index is 0.00280. The number of para-hydroxylation sites is 2. The first-order chi connectivity index (χ1) is 19.5. The van der Waals surface area contributed by atoms with Crippen molar-refractivity contribution in [2.24, 2.45) is 0 Å². The van der Waals surface area contributed by atoms with Crippen LogP contribution >= 0.6 is 0 Å². The minimum atomic E-state index is -0.976. The van der Waals surface area contributed by atoms with Crippen LogP contribution in [0.1, 0.15) is 58.2 Å². The van der Waals surface area contributed by atoms with Crippen LogP contribution in [0.3, 0.4) is 0 Å². The molecule has 8 N–H and O–H groups in total. The monoisotopic (exact) mass is 560 g/mol. The number of aliphatic hydroxyl groups is 1. The van der Waals surface area contributed by atoms with Gasteiger partial charge >= 0.3 is 0 Å². The van der Waals surface area contributed by atoms with Crippen LogP contribution in [0.2, 0.25) is 0 Å². The Labute approximate surface area is 236 Å². The van der Waals surface area contributed by atoms with Gasteiger partial charge in [-0.3, -0.25) is 0 Å². The third kappa shape index (κ3) is 5.36. The second-order valence-corrected chi connectivity index (χ2v) is 10.5. The number of phenols is 7. The first-order valence-electron chi connectivity index (χ1n) is 13.3. The van der Waals surface area contributed by atoms with Crippen LogP contribution in [0.15, 0.2) is 60.7 Å². The predicted octanol–water partition coefficient (Wildman–Crippen LogP) is 5.13. The van der Waals surface area contributed by atoms with Crippen molar-refractivity contribution >= 4 is 0 Å². The van der Waals surface area contributed by atoms with Gasteiger partial charge in [0, 0.05) is 35.1 Å². The lowest BCUT2D eigenvalue weighted by atomic mass is 9.75. The maximum Gasteiger partial charge on any atom is 0.157 e. The number of aliphatic hydroxyl groups excluding tert-OH is 1. The number of rotatable bonds is 2. The van der Waals surface area contributed by atoms with E-state index in [4.69, 9.17) is 14.9 Å². The molecule has 0 fully saturated rings. The number of hydrogen-bond acceptors (Lipinski definition) is 9. The lowest BCUT2D eigenvalue weighted by molar-refractivity contribution is 0.0188. The maximum atomic E-state index is 10.8. The quantitative estimate of drug-likeness (QED) is 0.155. The molecule has 2 aliphatic rings. The van der Waals surface area contributed by atoms with Crippen molar-refractivity contribution in [1.82, 2.24) is 0 Å². The van der Waals surface area contributed by atoms with Crippen LogP contribution in [0.25, 0.3) is 0 Å². The standard InChI is InChI=1S/C26H26O7.C6H6O2/c1-12-7-15(27)10-21(31)23(12)16-4-2-3-13-8-19(29)17-11-22(32)25(33-26(17)24(13)16)14-5-6-18(28)20(30)9-14;7-5-3-1-2-4-6(5)8/h5-10,16,22,25,27-32H,2-4,11H2,1H3;1-4,7-8H/t16-,22?,25?;/m1./s1. The third-order valence-electron chi connectivity index (χ3n) is 7.69. The van der Waals surface area contributed by atoms with Gasteiger partial charge in [-0.25, -0.2) is 0 Å². The van der Waals surface area contributed by atoms with Crippen LogP contribution in [0.5, 0.6) is 46.0 Å². The second kappa shape index (κ2) is 11.0. The molecule has 6 rings (SSSR count). The average Bonchev–Trinajstić information content (AvgIpc) is 2.92. The number of benzene rings is 4. The smallest absolute Gasteiger partial charge is 0.157 e. The van der Waals surface area contributed by atoms with E-state index in [-0.39, 0.29) is 52.6 Å². The molecule has 1 aliphatic carbocycles. The van der Waals surface area contributed by atoms with Crippen molar-refractivity contribution in [3.63, 3.8) is 0 Å². The van der Waals surface area contributed by atoms with Gasteiger partial charge in [0.05, 0.1) is 6.10 Å². The van der Waals surface area contributed by atoms with Crippen molar-refractivity contribution in [1.29, 1.82) is 0 Å². The fourth-order valence-electron chi connectivity index (χ4n) is 5.81. The molecule has 0 amide bonds. The van der Waals surface area contributed by atoms with Gasteiger partial charge < -0.3 is 45.6 Å². The molecule has 4 aromatic carbocycles. The summed E-state index contributed by atoms with van der Waals surface area (Å²) in [6.45, 7) is 1.84. The summed E-state index contributed by atoms with van der Waals surface area (Å²) >= 11 is 0. The van der Waals surface area contributed by atoms with Crippen LogP contribution in [0.4, 0.5) is 0 Å². The number of aromatic hydroxyl groups is 7. The van der Waals surface area contributed by atoms with E-state index in [9.17, 15) is 30.6 Å². The molecule has 2 unspecified atom stereocenters.